The predicted molar refractivity (Wildman–Crippen MR) is 195 cm³/mol. The summed E-state index contributed by atoms with van der Waals surface area (Å²) >= 11 is 0. The minimum absolute atomic E-state index is 0.0396. The zero-order chi connectivity index (χ0) is 35.8. The van der Waals surface area contributed by atoms with Gasteiger partial charge in [0.2, 0.25) is 11.8 Å². The average Bonchev–Trinajstić information content (AvgIpc) is 4.01. The summed E-state index contributed by atoms with van der Waals surface area (Å²) in [4.78, 5) is 59.3. The number of carbonyl (C=O) groups is 3. The van der Waals surface area contributed by atoms with Crippen LogP contribution in [0.1, 0.15) is 99.1 Å². The first-order chi connectivity index (χ1) is 25.4. The molecule has 4 aromatic rings. The van der Waals surface area contributed by atoms with Crippen LogP contribution in [0.15, 0.2) is 48.7 Å². The second-order valence-electron chi connectivity index (χ2n) is 14.7. The minimum Gasteiger partial charge on any atom is -0.453 e. The van der Waals surface area contributed by atoms with E-state index in [0.717, 1.165) is 116 Å². The Kier molecular flexibility index (Phi) is 9.45. The normalized spacial score (nSPS) is 25.7. The second kappa shape index (κ2) is 14.5. The molecular weight excluding hydrogens is 656 g/mol. The number of alkyl carbamates (subject to hydrolysis) is 1. The van der Waals surface area contributed by atoms with Crippen LogP contribution in [-0.2, 0) is 14.3 Å². The summed E-state index contributed by atoms with van der Waals surface area (Å²) in [7, 11) is 1.34. The number of benzene rings is 2. The van der Waals surface area contributed by atoms with Gasteiger partial charge in [-0.2, -0.15) is 0 Å². The molecule has 0 radical (unpaired) electrons. The quantitative estimate of drug-likeness (QED) is 0.198. The van der Waals surface area contributed by atoms with Crippen molar-refractivity contribution in [3.8, 4) is 23.1 Å². The number of amides is 3. The Bertz CT molecular complexity index is 2030. The van der Waals surface area contributed by atoms with Crippen LogP contribution in [0.25, 0.3) is 22.3 Å². The molecule has 4 fully saturated rings. The van der Waals surface area contributed by atoms with Gasteiger partial charge in [0.15, 0.2) is 0 Å². The fraction of sp³-hybridized carbons (Fsp3) is 0.475. The molecule has 8 rings (SSSR count). The molecule has 3 amide bonds. The SMILES string of the molecule is COC(=O)N[C@@H]1CCC[C@H]1C(=O)N1CCC[C@H]1c1ncc(-c2ccc(C#Cc3ccc4nc([C@@H]5CCCN5C(=O)[C@@H]5CCC[C@H]5N)[nH]c4c3)cc2)[nH]1. The maximum Gasteiger partial charge on any atom is 0.407 e. The maximum absolute atomic E-state index is 13.7. The molecule has 12 nitrogen and oxygen atoms in total. The number of nitrogens with one attached hydrogen (secondary N) is 3. The van der Waals surface area contributed by atoms with Gasteiger partial charge in [-0.05, 0) is 87.3 Å². The van der Waals surface area contributed by atoms with Gasteiger partial charge >= 0.3 is 6.09 Å². The zero-order valence-corrected chi connectivity index (χ0v) is 29.6. The monoisotopic (exact) mass is 702 g/mol. The van der Waals surface area contributed by atoms with E-state index in [1.807, 2.05) is 58.5 Å². The fourth-order valence-corrected chi connectivity index (χ4v) is 8.78. The second-order valence-corrected chi connectivity index (χ2v) is 14.7. The fourth-order valence-electron chi connectivity index (χ4n) is 8.78. The van der Waals surface area contributed by atoms with Crippen molar-refractivity contribution in [3.63, 3.8) is 0 Å². The van der Waals surface area contributed by atoms with E-state index in [1.165, 1.54) is 7.11 Å². The lowest BCUT2D eigenvalue weighted by atomic mass is 10.0. The standard InChI is InChI=1S/C40H46N8O4/c1-52-40(51)46-30-9-3-7-28(30)39(50)47-20-4-10-34(47)36-42-23-33(45-36)26-17-14-24(15-18-26)12-13-25-16-19-31-32(22-25)44-37(43-31)35-11-5-21-48(35)38(49)27-6-2-8-29(27)41/h14-19,22-23,27-30,34-35H,2-11,20-21,41H2,1H3,(H,42,45)(H,43,44)(H,46,51)/t27-,28-,29-,30-,34+,35+/m1/s1. The number of likely N-dealkylation sites (tertiary alicyclic amines) is 2. The molecule has 6 atom stereocenters. The van der Waals surface area contributed by atoms with E-state index >= 15 is 0 Å². The Morgan fingerprint density at radius 1 is 0.808 bits per heavy atom. The van der Waals surface area contributed by atoms with Crippen molar-refractivity contribution in [1.82, 2.24) is 35.1 Å². The molecule has 2 saturated carbocycles. The molecule has 4 aliphatic rings. The number of nitrogens with two attached hydrogens (primary N) is 1. The number of hydrogen-bond acceptors (Lipinski definition) is 7. The van der Waals surface area contributed by atoms with Gasteiger partial charge < -0.3 is 35.6 Å². The highest BCUT2D eigenvalue weighted by atomic mass is 16.5. The van der Waals surface area contributed by atoms with Crippen molar-refractivity contribution in [2.24, 2.45) is 17.6 Å². The smallest absolute Gasteiger partial charge is 0.407 e. The molecule has 0 unspecified atom stereocenters. The van der Waals surface area contributed by atoms with Gasteiger partial charge in [0.1, 0.15) is 11.6 Å². The van der Waals surface area contributed by atoms with Crippen molar-refractivity contribution in [1.29, 1.82) is 0 Å². The highest BCUT2D eigenvalue weighted by molar-refractivity contribution is 5.82. The molecule has 2 aromatic carbocycles. The lowest BCUT2D eigenvalue weighted by Crippen LogP contribution is -2.45. The zero-order valence-electron chi connectivity index (χ0n) is 29.6. The van der Waals surface area contributed by atoms with Gasteiger partial charge in [0.05, 0.1) is 54.0 Å². The first kappa shape index (κ1) is 34.0. The summed E-state index contributed by atoms with van der Waals surface area (Å²) in [5.74, 6) is 8.12. The van der Waals surface area contributed by atoms with Crippen molar-refractivity contribution in [2.75, 3.05) is 20.2 Å². The van der Waals surface area contributed by atoms with Crippen LogP contribution in [0.3, 0.4) is 0 Å². The van der Waals surface area contributed by atoms with E-state index in [0.29, 0.717) is 6.54 Å². The highest BCUT2D eigenvalue weighted by Crippen LogP contribution is 2.37. The van der Waals surface area contributed by atoms with Crippen molar-refractivity contribution in [3.05, 3.63) is 71.4 Å². The van der Waals surface area contributed by atoms with Crippen LogP contribution in [0.5, 0.6) is 0 Å². The summed E-state index contributed by atoms with van der Waals surface area (Å²) in [6.07, 6.45) is 10.2. The summed E-state index contributed by atoms with van der Waals surface area (Å²) in [5, 5.41) is 2.86. The van der Waals surface area contributed by atoms with Crippen LogP contribution < -0.4 is 11.1 Å². The molecule has 0 bridgehead atoms. The Hall–Kier alpha value is -5.15. The topological polar surface area (TPSA) is 162 Å². The number of nitrogens with zero attached hydrogens (tertiary/aromatic N) is 4. The molecule has 2 aromatic heterocycles. The lowest BCUT2D eigenvalue weighted by molar-refractivity contribution is -0.137. The number of H-pyrrole nitrogens is 2. The van der Waals surface area contributed by atoms with Gasteiger partial charge in [-0.3, -0.25) is 9.59 Å². The Morgan fingerprint density at radius 2 is 1.48 bits per heavy atom. The third-order valence-electron chi connectivity index (χ3n) is 11.6. The number of aromatic amines is 2. The molecule has 12 heteroatoms. The Labute approximate surface area is 303 Å². The minimum atomic E-state index is -0.493. The van der Waals surface area contributed by atoms with E-state index in [4.69, 9.17) is 20.4 Å². The van der Waals surface area contributed by atoms with Gasteiger partial charge in [-0.25, -0.2) is 14.8 Å². The van der Waals surface area contributed by atoms with Gasteiger partial charge in [-0.1, -0.05) is 36.8 Å². The summed E-state index contributed by atoms with van der Waals surface area (Å²) in [6, 6.07) is 13.6. The first-order valence-corrected chi connectivity index (χ1v) is 18.7. The van der Waals surface area contributed by atoms with Crippen LogP contribution in [-0.4, -0.2) is 79.9 Å². The molecule has 52 heavy (non-hydrogen) atoms. The molecule has 5 N–H and O–H groups in total. The third kappa shape index (κ3) is 6.65. The van der Waals surface area contributed by atoms with Crippen molar-refractivity contribution in [2.45, 2.75) is 88.4 Å². The number of imidazole rings is 2. The number of fused-ring (bicyclic) bond motifs is 1. The number of ether oxygens (including phenoxy) is 1. The maximum atomic E-state index is 13.7. The number of rotatable bonds is 6. The van der Waals surface area contributed by atoms with Crippen molar-refractivity contribution < 1.29 is 19.1 Å². The number of carbonyl (C=O) groups excluding carboxylic acids is 3. The lowest BCUT2D eigenvalue weighted by Gasteiger charge is -2.29. The molecule has 2 saturated heterocycles. The summed E-state index contributed by atoms with van der Waals surface area (Å²) in [6.45, 7) is 1.43. The molecule has 4 heterocycles. The number of hydrogen-bond donors (Lipinski definition) is 4. The molecule has 2 aliphatic heterocycles. The summed E-state index contributed by atoms with van der Waals surface area (Å²) in [5.41, 5.74) is 11.7. The predicted octanol–water partition coefficient (Wildman–Crippen LogP) is 5.33. The van der Waals surface area contributed by atoms with Gasteiger partial charge in [-0.15, -0.1) is 0 Å². The van der Waals surface area contributed by atoms with Crippen LogP contribution in [0, 0.1) is 23.7 Å². The van der Waals surface area contributed by atoms with E-state index in [9.17, 15) is 14.4 Å². The molecule has 0 spiro atoms. The van der Waals surface area contributed by atoms with Gasteiger partial charge in [0.25, 0.3) is 0 Å². The first-order valence-electron chi connectivity index (χ1n) is 18.7. The van der Waals surface area contributed by atoms with E-state index in [2.05, 4.69) is 27.1 Å². The Balaban J connectivity index is 0.921. The number of aromatic nitrogens is 4. The van der Waals surface area contributed by atoms with Crippen LogP contribution in [0.2, 0.25) is 0 Å². The third-order valence-corrected chi connectivity index (χ3v) is 11.6. The Morgan fingerprint density at radius 3 is 2.21 bits per heavy atom. The van der Waals surface area contributed by atoms with E-state index in [1.54, 1.807) is 0 Å². The summed E-state index contributed by atoms with van der Waals surface area (Å²) < 4.78 is 4.78. The number of methoxy groups -OCH3 is 1. The molecule has 270 valence electrons. The van der Waals surface area contributed by atoms with E-state index < -0.39 is 6.09 Å². The van der Waals surface area contributed by atoms with E-state index in [-0.39, 0.29) is 47.8 Å². The van der Waals surface area contributed by atoms with Crippen LogP contribution >= 0.6 is 0 Å². The molecule has 2 aliphatic carbocycles. The van der Waals surface area contributed by atoms with Crippen molar-refractivity contribution >= 4 is 28.9 Å². The van der Waals surface area contributed by atoms with Gasteiger partial charge in [0, 0.05) is 36.3 Å². The molecular formula is C40H46N8O4. The highest BCUT2D eigenvalue weighted by Gasteiger charge is 2.42. The average molecular weight is 703 g/mol. The largest absolute Gasteiger partial charge is 0.453 e. The van der Waals surface area contributed by atoms with Crippen LogP contribution in [0.4, 0.5) is 4.79 Å².